The van der Waals surface area contributed by atoms with Gasteiger partial charge in [-0.2, -0.15) is 25.8 Å². The highest BCUT2D eigenvalue weighted by Crippen LogP contribution is 2.28. The lowest BCUT2D eigenvalue weighted by Crippen LogP contribution is -2.45. The first-order valence-corrected chi connectivity index (χ1v) is 41.3. The standard InChI is InChI=1S/C70H91N9O12S6/c1-56-11-25-64(26-12-56)92(80,81)74-41-9-43-78(96(88,89)68-33-19-60(5)20-34-68)51-49-76(94(84,85)66-29-15-58(3)16-30-66)39-7-37-72(45-47-74)54-62-23-24-63(70(71)53-62)55-73-38-8-40-77(95(86,87)67-31-17-59(4)18-32-67)50-52-79(97(90,91)69-35-21-61(6)22-36-69)44-10-42-75(48-46-73)93(82,83)65-27-13-57(2)14-28-65/h11-36,53H,7-10,37-52,54-55,71H2,1-6H3. The van der Waals surface area contributed by atoms with Crippen molar-refractivity contribution in [1.82, 2.24) is 35.6 Å². The maximum Gasteiger partial charge on any atom is 0.243 e. The smallest absolute Gasteiger partial charge is 0.243 e. The Morgan fingerprint density at radius 2 is 0.464 bits per heavy atom. The zero-order valence-corrected chi connectivity index (χ0v) is 61.0. The van der Waals surface area contributed by atoms with Crippen LogP contribution in [0.15, 0.2) is 193 Å². The molecule has 0 spiro atoms. The number of nitrogen functional groups attached to an aromatic ring is 1. The van der Waals surface area contributed by atoms with Gasteiger partial charge in [0, 0.05) is 110 Å². The third-order valence-electron chi connectivity index (χ3n) is 17.9. The first kappa shape index (κ1) is 74.9. The number of hydrogen-bond donors (Lipinski definition) is 1. The summed E-state index contributed by atoms with van der Waals surface area (Å²) in [6.45, 7) is 11.4. The molecular weight excluding hydrogens is 1350 g/mol. The van der Waals surface area contributed by atoms with Crippen LogP contribution in [-0.2, 0) is 73.2 Å². The first-order chi connectivity index (χ1) is 45.9. The van der Waals surface area contributed by atoms with E-state index in [-0.39, 0.29) is 166 Å². The fourth-order valence-corrected chi connectivity index (χ4v) is 20.8. The summed E-state index contributed by atoms with van der Waals surface area (Å²) >= 11 is 0. The molecule has 21 nitrogen and oxygen atoms in total. The molecule has 2 N–H and O–H groups in total. The van der Waals surface area contributed by atoms with E-state index in [0.29, 0.717) is 17.8 Å². The van der Waals surface area contributed by atoms with Gasteiger partial charge >= 0.3 is 0 Å². The van der Waals surface area contributed by atoms with Crippen molar-refractivity contribution in [2.24, 2.45) is 0 Å². The molecule has 2 fully saturated rings. The van der Waals surface area contributed by atoms with Crippen molar-refractivity contribution in [2.45, 2.75) is 110 Å². The number of aryl methyl sites for hydroxylation is 6. The molecule has 0 amide bonds. The van der Waals surface area contributed by atoms with Crippen molar-refractivity contribution in [3.63, 3.8) is 0 Å². The van der Waals surface area contributed by atoms with Gasteiger partial charge in [-0.3, -0.25) is 9.80 Å². The van der Waals surface area contributed by atoms with E-state index in [4.69, 9.17) is 5.73 Å². The monoisotopic (exact) mass is 1440 g/mol. The Morgan fingerprint density at radius 3 is 0.691 bits per heavy atom. The molecule has 0 radical (unpaired) electrons. The molecule has 2 aliphatic heterocycles. The van der Waals surface area contributed by atoms with Gasteiger partial charge in [-0.1, -0.05) is 118 Å². The van der Waals surface area contributed by atoms with Gasteiger partial charge in [-0.15, -0.1) is 0 Å². The Labute approximate surface area is 576 Å². The summed E-state index contributed by atoms with van der Waals surface area (Å²) in [6, 6.07) is 44.6. The number of hydrogen-bond acceptors (Lipinski definition) is 15. The molecule has 9 rings (SSSR count). The van der Waals surface area contributed by atoms with Gasteiger partial charge in [0.2, 0.25) is 60.1 Å². The second-order valence-electron chi connectivity index (χ2n) is 25.3. The molecule has 0 unspecified atom stereocenters. The Balaban J connectivity index is 1.01. The summed E-state index contributed by atoms with van der Waals surface area (Å²) in [5, 5.41) is 0. The third-order valence-corrected chi connectivity index (χ3v) is 29.4. The zero-order valence-electron chi connectivity index (χ0n) is 56.1. The van der Waals surface area contributed by atoms with E-state index in [0.717, 1.165) is 38.9 Å². The second kappa shape index (κ2) is 32.4. The lowest BCUT2D eigenvalue weighted by molar-refractivity contribution is 0.222. The van der Waals surface area contributed by atoms with E-state index in [1.54, 1.807) is 109 Å². The van der Waals surface area contributed by atoms with Crippen LogP contribution < -0.4 is 5.73 Å². The number of rotatable bonds is 16. The molecule has 7 aromatic carbocycles. The largest absolute Gasteiger partial charge is 0.398 e. The number of nitrogens with zero attached hydrogens (tertiary/aromatic N) is 8. The average molecular weight is 1440 g/mol. The van der Waals surface area contributed by atoms with Crippen molar-refractivity contribution in [3.05, 3.63) is 208 Å². The maximum atomic E-state index is 14.7. The van der Waals surface area contributed by atoms with Crippen LogP contribution in [0.1, 0.15) is 70.2 Å². The lowest BCUT2D eigenvalue weighted by atomic mass is 10.1. The number of anilines is 1. The highest BCUT2D eigenvalue weighted by Gasteiger charge is 2.34. The van der Waals surface area contributed by atoms with Gasteiger partial charge in [0.1, 0.15) is 0 Å². The van der Waals surface area contributed by atoms with Crippen LogP contribution in [0, 0.1) is 41.5 Å². The average Bonchev–Trinajstić information content (AvgIpc) is 0.823. The fourth-order valence-electron chi connectivity index (χ4n) is 11.9. The molecule has 2 heterocycles. The van der Waals surface area contributed by atoms with Crippen molar-refractivity contribution >= 4 is 65.8 Å². The summed E-state index contributed by atoms with van der Waals surface area (Å²) in [6.07, 6.45) is 0.701. The quantitative estimate of drug-likeness (QED) is 0.0890. The highest BCUT2D eigenvalue weighted by molar-refractivity contribution is 7.90. The molecule has 524 valence electrons. The van der Waals surface area contributed by atoms with Crippen molar-refractivity contribution in [2.75, 3.05) is 110 Å². The molecule has 0 bridgehead atoms. The van der Waals surface area contributed by atoms with Crippen LogP contribution >= 0.6 is 0 Å². The third kappa shape index (κ3) is 19.0. The minimum atomic E-state index is -4.19. The van der Waals surface area contributed by atoms with Gasteiger partial charge in [-0.05, 0) is 170 Å². The predicted octanol–water partition coefficient (Wildman–Crippen LogP) is 8.46. The Kier molecular flexibility index (Phi) is 25.0. The van der Waals surface area contributed by atoms with Gasteiger partial charge in [0.15, 0.2) is 0 Å². The lowest BCUT2D eigenvalue weighted by Gasteiger charge is -2.32. The van der Waals surface area contributed by atoms with Crippen LogP contribution in [0.3, 0.4) is 0 Å². The highest BCUT2D eigenvalue weighted by atomic mass is 32.2. The number of nitrogens with two attached hydrogens (primary N) is 1. The summed E-state index contributed by atoms with van der Waals surface area (Å²) in [7, 11) is -25.0. The normalized spacial score (nSPS) is 18.1. The molecule has 7 aromatic rings. The van der Waals surface area contributed by atoms with E-state index in [9.17, 15) is 50.5 Å². The van der Waals surface area contributed by atoms with E-state index < -0.39 is 60.1 Å². The SMILES string of the molecule is Cc1ccc(S(=O)(=O)N2CCCN(S(=O)(=O)c3ccc(C)cc3)CCN(S(=O)(=O)c3ccc(C)cc3)CCCN(Cc3ccc(CN4CCCN(S(=O)(=O)c5ccc(C)cc5)CCN(S(=O)(=O)c5ccc(C)cc5)CCCN(S(=O)(=O)c5ccc(C)cc5)CC4)c(N)c3)CC2)cc1. The van der Waals surface area contributed by atoms with Crippen LogP contribution in [-0.4, -0.2) is 191 Å². The number of sulfonamides is 6. The van der Waals surface area contributed by atoms with Crippen molar-refractivity contribution in [1.29, 1.82) is 0 Å². The van der Waals surface area contributed by atoms with Gasteiger partial charge in [-0.25, -0.2) is 50.5 Å². The van der Waals surface area contributed by atoms with Gasteiger partial charge in [0.05, 0.1) is 29.4 Å². The fraction of sp³-hybridized carbons (Fsp3) is 0.400. The van der Waals surface area contributed by atoms with E-state index in [1.807, 2.05) is 64.6 Å². The van der Waals surface area contributed by atoms with E-state index in [2.05, 4.69) is 4.90 Å². The Morgan fingerprint density at radius 1 is 0.258 bits per heavy atom. The van der Waals surface area contributed by atoms with E-state index >= 15 is 0 Å². The topological polar surface area (TPSA) is 257 Å². The summed E-state index contributed by atoms with van der Waals surface area (Å²) in [5.74, 6) is 0. The predicted molar refractivity (Wildman–Crippen MR) is 380 cm³/mol. The summed E-state index contributed by atoms with van der Waals surface area (Å²) < 4.78 is 183. The van der Waals surface area contributed by atoms with Gasteiger partial charge < -0.3 is 5.73 Å². The molecule has 97 heavy (non-hydrogen) atoms. The summed E-state index contributed by atoms with van der Waals surface area (Å²) in [4.78, 5) is 4.45. The zero-order chi connectivity index (χ0) is 69.9. The molecule has 0 saturated carbocycles. The minimum Gasteiger partial charge on any atom is -0.398 e. The molecule has 2 aliphatic rings. The molecule has 2 saturated heterocycles. The second-order valence-corrected chi connectivity index (χ2v) is 36.9. The first-order valence-electron chi connectivity index (χ1n) is 32.7. The van der Waals surface area contributed by atoms with Crippen LogP contribution in [0.5, 0.6) is 0 Å². The maximum absolute atomic E-state index is 14.7. The summed E-state index contributed by atoms with van der Waals surface area (Å²) in [5.41, 5.74) is 14.1. The molecule has 27 heteroatoms. The minimum absolute atomic E-state index is 0.0000119. The Bertz CT molecular complexity index is 4520. The van der Waals surface area contributed by atoms with Gasteiger partial charge in [0.25, 0.3) is 0 Å². The Hall–Kier alpha value is -6.28. The molecule has 0 aromatic heterocycles. The van der Waals surface area contributed by atoms with Crippen LogP contribution in [0.4, 0.5) is 5.69 Å². The van der Waals surface area contributed by atoms with Crippen molar-refractivity contribution < 1.29 is 50.5 Å². The number of benzene rings is 7. The molecular formula is C70H91N9O12S6. The van der Waals surface area contributed by atoms with Crippen molar-refractivity contribution in [3.8, 4) is 0 Å². The molecule has 0 atom stereocenters. The van der Waals surface area contributed by atoms with Crippen LogP contribution in [0.25, 0.3) is 0 Å². The molecule has 0 aliphatic carbocycles. The van der Waals surface area contributed by atoms with E-state index in [1.165, 1.54) is 62.2 Å². The van der Waals surface area contributed by atoms with Crippen LogP contribution in [0.2, 0.25) is 0 Å².